The number of carboxylic acids is 1. The molecule has 0 aromatic heterocycles. The Kier molecular flexibility index (Phi) is 4.27. The van der Waals surface area contributed by atoms with Crippen LogP contribution in [0.1, 0.15) is 24.0 Å². The molecule has 1 heterocycles. The number of carbonyl (C=O) groups is 2. The summed E-state index contributed by atoms with van der Waals surface area (Å²) in [5.41, 5.74) is 2.10. The van der Waals surface area contributed by atoms with E-state index in [4.69, 9.17) is 9.84 Å². The molecule has 0 saturated carbocycles. The van der Waals surface area contributed by atoms with Gasteiger partial charge in [-0.15, -0.1) is 0 Å². The first-order valence-corrected chi connectivity index (χ1v) is 6.71. The van der Waals surface area contributed by atoms with Crippen molar-refractivity contribution in [1.29, 1.82) is 0 Å². The molecule has 0 spiro atoms. The molecule has 1 aromatic carbocycles. The van der Waals surface area contributed by atoms with Gasteiger partial charge in [-0.25, -0.2) is 4.79 Å². The van der Waals surface area contributed by atoms with Crippen LogP contribution < -0.4 is 4.74 Å². The number of hydrogen-bond donors (Lipinski definition) is 1. The van der Waals surface area contributed by atoms with Crippen LogP contribution in [0.3, 0.4) is 0 Å². The summed E-state index contributed by atoms with van der Waals surface area (Å²) in [4.78, 5) is 24.5. The maximum Gasteiger partial charge on any atom is 0.326 e. The minimum absolute atomic E-state index is 0.117. The average molecular weight is 277 g/mol. The maximum atomic E-state index is 12.0. The summed E-state index contributed by atoms with van der Waals surface area (Å²) in [6.07, 6.45) is 1.25. The number of ether oxygens (including phenoxy) is 1. The van der Waals surface area contributed by atoms with Gasteiger partial charge in [0.2, 0.25) is 0 Å². The van der Waals surface area contributed by atoms with Gasteiger partial charge >= 0.3 is 5.97 Å². The lowest BCUT2D eigenvalue weighted by atomic mass is 10.1. The Morgan fingerprint density at radius 3 is 2.80 bits per heavy atom. The Morgan fingerprint density at radius 1 is 1.40 bits per heavy atom. The highest BCUT2D eigenvalue weighted by molar-refractivity contribution is 5.85. The minimum Gasteiger partial charge on any atom is -0.483 e. The summed E-state index contributed by atoms with van der Waals surface area (Å²) in [5.74, 6) is -0.549. The molecule has 1 aromatic rings. The zero-order valence-corrected chi connectivity index (χ0v) is 11.8. The molecule has 1 amide bonds. The van der Waals surface area contributed by atoms with Crippen molar-refractivity contribution in [2.24, 2.45) is 0 Å². The zero-order chi connectivity index (χ0) is 14.7. The van der Waals surface area contributed by atoms with E-state index in [0.29, 0.717) is 18.7 Å². The van der Waals surface area contributed by atoms with E-state index >= 15 is 0 Å². The summed E-state index contributed by atoms with van der Waals surface area (Å²) in [6, 6.07) is 5.03. The van der Waals surface area contributed by atoms with Gasteiger partial charge in [0.1, 0.15) is 11.8 Å². The Labute approximate surface area is 118 Å². The molecule has 1 atom stereocenters. The number of benzene rings is 1. The zero-order valence-electron chi connectivity index (χ0n) is 11.8. The number of amides is 1. The summed E-state index contributed by atoms with van der Waals surface area (Å²) in [6.45, 7) is 4.28. The van der Waals surface area contributed by atoms with Crippen LogP contribution in [0, 0.1) is 13.8 Å². The van der Waals surface area contributed by atoms with E-state index < -0.39 is 12.0 Å². The first-order chi connectivity index (χ1) is 9.49. The van der Waals surface area contributed by atoms with Crippen LogP contribution >= 0.6 is 0 Å². The summed E-state index contributed by atoms with van der Waals surface area (Å²) in [7, 11) is 0. The maximum absolute atomic E-state index is 12.0. The molecule has 0 unspecified atom stereocenters. The van der Waals surface area contributed by atoms with Gasteiger partial charge in [-0.3, -0.25) is 4.79 Å². The third-order valence-corrected chi connectivity index (χ3v) is 3.54. The predicted octanol–water partition coefficient (Wildman–Crippen LogP) is 1.76. The van der Waals surface area contributed by atoms with Crippen molar-refractivity contribution in [2.45, 2.75) is 32.7 Å². The first kappa shape index (κ1) is 14.4. The van der Waals surface area contributed by atoms with E-state index in [2.05, 4.69) is 0 Å². The van der Waals surface area contributed by atoms with Gasteiger partial charge < -0.3 is 14.7 Å². The Bertz CT molecular complexity index is 527. The second kappa shape index (κ2) is 5.94. The smallest absolute Gasteiger partial charge is 0.326 e. The molecular weight excluding hydrogens is 258 g/mol. The van der Waals surface area contributed by atoms with Crippen molar-refractivity contribution in [1.82, 2.24) is 4.90 Å². The van der Waals surface area contributed by atoms with E-state index in [1.165, 1.54) is 4.90 Å². The second-order valence-corrected chi connectivity index (χ2v) is 5.14. The van der Waals surface area contributed by atoms with Gasteiger partial charge in [0, 0.05) is 6.54 Å². The standard InChI is InChI=1S/C15H19NO4/c1-10-5-6-13(11(2)8-10)20-9-14(17)16-7-3-4-12(16)15(18)19/h5-6,8,12H,3-4,7,9H2,1-2H3,(H,18,19)/t12-/m1/s1. The number of carboxylic acid groups (broad SMARTS) is 1. The molecular formula is C15H19NO4. The van der Waals surface area contributed by atoms with Crippen LogP contribution in [0.15, 0.2) is 18.2 Å². The molecule has 1 saturated heterocycles. The van der Waals surface area contributed by atoms with Gasteiger partial charge in [-0.1, -0.05) is 17.7 Å². The molecule has 2 rings (SSSR count). The SMILES string of the molecule is Cc1ccc(OCC(=O)N2CCC[C@@H]2C(=O)O)c(C)c1. The molecule has 1 fully saturated rings. The Morgan fingerprint density at radius 2 is 2.15 bits per heavy atom. The van der Waals surface area contributed by atoms with Crippen LogP contribution in [0.25, 0.3) is 0 Å². The third-order valence-electron chi connectivity index (χ3n) is 3.54. The molecule has 20 heavy (non-hydrogen) atoms. The molecule has 0 bridgehead atoms. The molecule has 0 radical (unpaired) electrons. The number of carbonyl (C=O) groups excluding carboxylic acids is 1. The highest BCUT2D eigenvalue weighted by Crippen LogP contribution is 2.20. The topological polar surface area (TPSA) is 66.8 Å². The molecule has 5 nitrogen and oxygen atoms in total. The number of aryl methyl sites for hydroxylation is 2. The van der Waals surface area contributed by atoms with Gasteiger partial charge in [0.05, 0.1) is 0 Å². The fourth-order valence-electron chi connectivity index (χ4n) is 2.51. The molecule has 1 N–H and O–H groups in total. The Hall–Kier alpha value is -2.04. The van der Waals surface area contributed by atoms with Crippen LogP contribution in [-0.2, 0) is 9.59 Å². The van der Waals surface area contributed by atoms with Crippen molar-refractivity contribution >= 4 is 11.9 Å². The van der Waals surface area contributed by atoms with E-state index in [1.807, 2.05) is 32.0 Å². The molecule has 5 heteroatoms. The van der Waals surface area contributed by atoms with E-state index in [-0.39, 0.29) is 12.5 Å². The van der Waals surface area contributed by atoms with Gasteiger partial charge in [-0.05, 0) is 38.3 Å². The number of likely N-dealkylation sites (tertiary alicyclic amines) is 1. The largest absolute Gasteiger partial charge is 0.483 e. The monoisotopic (exact) mass is 277 g/mol. The van der Waals surface area contributed by atoms with Crippen molar-refractivity contribution in [3.8, 4) is 5.75 Å². The van der Waals surface area contributed by atoms with Crippen molar-refractivity contribution in [3.63, 3.8) is 0 Å². The lowest BCUT2D eigenvalue weighted by Gasteiger charge is -2.21. The lowest BCUT2D eigenvalue weighted by Crippen LogP contribution is -2.42. The number of rotatable bonds is 4. The number of nitrogens with zero attached hydrogens (tertiary/aromatic N) is 1. The number of aliphatic carboxylic acids is 1. The van der Waals surface area contributed by atoms with Crippen LogP contribution in [0.2, 0.25) is 0 Å². The molecule has 108 valence electrons. The van der Waals surface area contributed by atoms with E-state index in [1.54, 1.807) is 0 Å². The van der Waals surface area contributed by atoms with Gasteiger partial charge in [0.25, 0.3) is 5.91 Å². The van der Waals surface area contributed by atoms with Crippen LogP contribution in [-0.4, -0.2) is 41.1 Å². The molecule has 0 aliphatic carbocycles. The average Bonchev–Trinajstić information content (AvgIpc) is 2.86. The predicted molar refractivity (Wildman–Crippen MR) is 73.8 cm³/mol. The van der Waals surface area contributed by atoms with Crippen molar-refractivity contribution in [3.05, 3.63) is 29.3 Å². The van der Waals surface area contributed by atoms with E-state index in [9.17, 15) is 9.59 Å². The van der Waals surface area contributed by atoms with Gasteiger partial charge in [-0.2, -0.15) is 0 Å². The highest BCUT2D eigenvalue weighted by atomic mass is 16.5. The van der Waals surface area contributed by atoms with Gasteiger partial charge in [0.15, 0.2) is 6.61 Å². The summed E-state index contributed by atoms with van der Waals surface area (Å²) >= 11 is 0. The van der Waals surface area contributed by atoms with E-state index in [0.717, 1.165) is 17.5 Å². The first-order valence-electron chi connectivity index (χ1n) is 6.71. The normalized spacial score (nSPS) is 18.1. The third kappa shape index (κ3) is 3.10. The van der Waals surface area contributed by atoms with Crippen LogP contribution in [0.4, 0.5) is 0 Å². The fraction of sp³-hybridized carbons (Fsp3) is 0.467. The quantitative estimate of drug-likeness (QED) is 0.910. The minimum atomic E-state index is -0.942. The second-order valence-electron chi connectivity index (χ2n) is 5.14. The fourth-order valence-corrected chi connectivity index (χ4v) is 2.51. The van der Waals surface area contributed by atoms with Crippen LogP contribution in [0.5, 0.6) is 5.75 Å². The molecule has 1 aliphatic heterocycles. The number of hydrogen-bond acceptors (Lipinski definition) is 3. The summed E-state index contributed by atoms with van der Waals surface area (Å²) < 4.78 is 5.51. The molecule has 1 aliphatic rings. The lowest BCUT2D eigenvalue weighted by molar-refractivity contribution is -0.148. The summed E-state index contributed by atoms with van der Waals surface area (Å²) in [5, 5.41) is 9.06. The highest BCUT2D eigenvalue weighted by Gasteiger charge is 2.33. The van der Waals surface area contributed by atoms with Crippen molar-refractivity contribution in [2.75, 3.05) is 13.2 Å². The Balaban J connectivity index is 1.96. The van der Waals surface area contributed by atoms with Crippen molar-refractivity contribution < 1.29 is 19.4 Å².